The van der Waals surface area contributed by atoms with E-state index >= 15 is 0 Å². The van der Waals surface area contributed by atoms with Crippen molar-refractivity contribution in [1.82, 2.24) is 15.2 Å². The summed E-state index contributed by atoms with van der Waals surface area (Å²) in [6, 6.07) is 1.70. The molecule has 3 heterocycles. The Kier molecular flexibility index (Phi) is 9.42. The minimum Gasteiger partial charge on any atom is -0.493 e. The summed E-state index contributed by atoms with van der Waals surface area (Å²) in [4.78, 5) is 58.0. The minimum atomic E-state index is -5.40. The van der Waals surface area contributed by atoms with E-state index in [1.165, 1.54) is 38.8 Å². The van der Waals surface area contributed by atoms with E-state index in [9.17, 15) is 37.5 Å². The Labute approximate surface area is 253 Å². The number of hydrogen-bond acceptors (Lipinski definition) is 14. The molecule has 1 saturated heterocycles. The predicted octanol–water partition coefficient (Wildman–Crippen LogP) is 1.38. The van der Waals surface area contributed by atoms with Crippen molar-refractivity contribution in [1.29, 1.82) is 0 Å². The first-order valence-electron chi connectivity index (χ1n) is 12.0. The third-order valence-electron chi connectivity index (χ3n) is 6.02. The number of nitrogen functional groups attached to an aromatic ring is 1. The number of nitrogens with one attached hydrogen (secondary N) is 1. The Morgan fingerprint density at radius 2 is 1.84 bits per heavy atom. The van der Waals surface area contributed by atoms with Crippen LogP contribution in [0.5, 0.6) is 23.0 Å². The van der Waals surface area contributed by atoms with Crippen LogP contribution in [0.3, 0.4) is 0 Å². The van der Waals surface area contributed by atoms with Crippen molar-refractivity contribution in [3.8, 4) is 23.0 Å². The molecule has 2 atom stereocenters. The molecule has 20 heteroatoms. The monoisotopic (exact) mass is 661 g/mol. The lowest BCUT2D eigenvalue weighted by Gasteiger charge is -2.49. The van der Waals surface area contributed by atoms with Crippen molar-refractivity contribution < 1.29 is 61.2 Å². The van der Waals surface area contributed by atoms with Crippen LogP contribution in [0.2, 0.25) is 0 Å². The number of amides is 2. The summed E-state index contributed by atoms with van der Waals surface area (Å²) >= 11 is 1.92. The lowest BCUT2D eigenvalue weighted by molar-refractivity contribution is -0.199. The number of fused-ring (bicyclic) bond motifs is 1. The molecule has 1 unspecified atom stereocenters. The van der Waals surface area contributed by atoms with Gasteiger partial charge >= 0.3 is 18.1 Å². The van der Waals surface area contributed by atoms with Crippen LogP contribution in [0.25, 0.3) is 0 Å². The smallest absolute Gasteiger partial charge is 0.493 e. The van der Waals surface area contributed by atoms with Crippen molar-refractivity contribution in [2.24, 2.45) is 5.16 Å². The number of rotatable bonds is 11. The van der Waals surface area contributed by atoms with E-state index in [1.807, 2.05) is 0 Å². The van der Waals surface area contributed by atoms with E-state index < -0.39 is 47.1 Å². The number of aliphatic carboxylic acids is 1. The van der Waals surface area contributed by atoms with Gasteiger partial charge in [0.1, 0.15) is 35.2 Å². The van der Waals surface area contributed by atoms with Gasteiger partial charge in [-0.15, -0.1) is 23.1 Å². The highest BCUT2D eigenvalue weighted by atomic mass is 32.2. The summed E-state index contributed by atoms with van der Waals surface area (Å²) in [5, 5.41) is 15.4. The Bertz CT molecular complexity index is 1540. The zero-order valence-electron chi connectivity index (χ0n) is 22.8. The van der Waals surface area contributed by atoms with Gasteiger partial charge in [-0.2, -0.15) is 13.2 Å². The molecule has 44 heavy (non-hydrogen) atoms. The molecule has 0 spiro atoms. The number of carboxylic acids is 1. The number of carboxylic acid groups (broad SMARTS) is 1. The summed E-state index contributed by atoms with van der Waals surface area (Å²) in [6.45, 7) is -0.243. The first-order valence-corrected chi connectivity index (χ1v) is 13.9. The van der Waals surface area contributed by atoms with Crippen molar-refractivity contribution in [2.45, 2.75) is 17.6 Å². The standard InChI is InChI=1S/C24H22F3N5O10S2/c1-38-12-4-10(5-13(39-2)17(12)40-3)41-6-9-7-43-20-15(19(34)32(20)16(9)21(35)36)30-18(33)14(11-8-44-23(28)29-11)31-42-22(37)24(25,26)27/h4-5,8,15,20H,6-7H2,1-3H3,(H2,28,29)(H,30,33)(H,35,36)/t15?,20-/m0/s1. The molecular formula is C24H22F3N5O10S2. The van der Waals surface area contributed by atoms with Crippen LogP contribution in [-0.4, -0.2) is 95.7 Å². The van der Waals surface area contributed by atoms with Crippen LogP contribution < -0.4 is 30.0 Å². The van der Waals surface area contributed by atoms with Gasteiger partial charge in [-0.1, -0.05) is 5.16 Å². The summed E-state index contributed by atoms with van der Waals surface area (Å²) in [5.74, 6) is -4.96. The number of hydrogen-bond donors (Lipinski definition) is 3. The Morgan fingerprint density at radius 1 is 1.18 bits per heavy atom. The zero-order chi connectivity index (χ0) is 32.3. The predicted molar refractivity (Wildman–Crippen MR) is 146 cm³/mol. The molecule has 2 aliphatic rings. The SMILES string of the molecule is COc1cc(OCC2=C(C(=O)O)N3C(=O)C(NC(=O)C(=NOC(=O)C(F)(F)F)c4csc(N)n4)[C@@H]3SC2)cc(OC)c1OC. The molecule has 1 aromatic carbocycles. The fraction of sp³-hybridized carbons (Fsp3) is 0.333. The molecule has 0 radical (unpaired) electrons. The highest BCUT2D eigenvalue weighted by Gasteiger charge is 2.54. The van der Waals surface area contributed by atoms with Gasteiger partial charge in [-0.3, -0.25) is 14.5 Å². The molecule has 1 aromatic heterocycles. The highest BCUT2D eigenvalue weighted by molar-refractivity contribution is 8.00. The van der Waals surface area contributed by atoms with Crippen LogP contribution in [0.1, 0.15) is 5.69 Å². The number of alkyl halides is 3. The molecular weight excluding hydrogens is 639 g/mol. The molecule has 2 aliphatic heterocycles. The van der Waals surface area contributed by atoms with Gasteiger partial charge in [-0.05, 0) is 0 Å². The second-order valence-electron chi connectivity index (χ2n) is 8.66. The number of ether oxygens (including phenoxy) is 4. The second kappa shape index (κ2) is 12.9. The molecule has 15 nitrogen and oxygen atoms in total. The van der Waals surface area contributed by atoms with Crippen LogP contribution in [0.15, 0.2) is 33.9 Å². The number of benzene rings is 1. The maximum atomic E-state index is 13.1. The Hall–Kier alpha value is -4.72. The van der Waals surface area contributed by atoms with Gasteiger partial charge < -0.3 is 39.9 Å². The lowest BCUT2D eigenvalue weighted by Crippen LogP contribution is -2.71. The van der Waals surface area contributed by atoms with E-state index in [4.69, 9.17) is 24.7 Å². The molecule has 2 amide bonds. The quantitative estimate of drug-likeness (QED) is 0.135. The lowest BCUT2D eigenvalue weighted by atomic mass is 10.0. The highest BCUT2D eigenvalue weighted by Crippen LogP contribution is 2.43. The van der Waals surface area contributed by atoms with Gasteiger partial charge in [-0.25, -0.2) is 14.6 Å². The number of carbonyl (C=O) groups excluding carboxylic acids is 3. The first-order chi connectivity index (χ1) is 20.8. The number of methoxy groups -OCH3 is 3. The van der Waals surface area contributed by atoms with Gasteiger partial charge in [0.25, 0.3) is 11.8 Å². The zero-order valence-corrected chi connectivity index (χ0v) is 24.4. The van der Waals surface area contributed by atoms with Crippen molar-refractivity contribution in [3.63, 3.8) is 0 Å². The number of halogens is 3. The van der Waals surface area contributed by atoms with Gasteiger partial charge in [0.15, 0.2) is 22.3 Å². The van der Waals surface area contributed by atoms with Gasteiger partial charge in [0.2, 0.25) is 5.75 Å². The van der Waals surface area contributed by atoms with Crippen molar-refractivity contribution in [3.05, 3.63) is 34.5 Å². The van der Waals surface area contributed by atoms with Gasteiger partial charge in [0, 0.05) is 28.8 Å². The molecule has 0 saturated carbocycles. The topological polar surface area (TPSA) is 201 Å². The summed E-state index contributed by atoms with van der Waals surface area (Å²) in [5.41, 5.74) is 4.22. The number of oxime groups is 1. The van der Waals surface area contributed by atoms with Crippen LogP contribution in [0, 0.1) is 0 Å². The number of thioether (sulfide) groups is 1. The molecule has 0 aliphatic carbocycles. The normalized spacial score (nSPS) is 18.2. The Balaban J connectivity index is 1.52. The summed E-state index contributed by atoms with van der Waals surface area (Å²) < 4.78 is 59.4. The minimum absolute atomic E-state index is 0.0691. The molecule has 4 N–H and O–H groups in total. The summed E-state index contributed by atoms with van der Waals surface area (Å²) in [7, 11) is 4.24. The van der Waals surface area contributed by atoms with Crippen LogP contribution in [0.4, 0.5) is 18.3 Å². The molecule has 236 valence electrons. The number of anilines is 1. The average Bonchev–Trinajstić information content (AvgIpc) is 3.42. The number of thiazole rings is 1. The fourth-order valence-electron chi connectivity index (χ4n) is 4.05. The van der Waals surface area contributed by atoms with E-state index in [0.29, 0.717) is 17.2 Å². The van der Waals surface area contributed by atoms with E-state index in [1.54, 1.807) is 0 Å². The van der Waals surface area contributed by atoms with Gasteiger partial charge in [0.05, 0.1) is 21.3 Å². The molecule has 2 aromatic rings. The number of aromatic nitrogens is 1. The maximum Gasteiger partial charge on any atom is 0.493 e. The van der Waals surface area contributed by atoms with E-state index in [2.05, 4.69) is 20.3 Å². The maximum absolute atomic E-state index is 13.1. The number of carbonyl (C=O) groups is 4. The largest absolute Gasteiger partial charge is 0.493 e. The third kappa shape index (κ3) is 6.44. The van der Waals surface area contributed by atoms with Crippen LogP contribution in [-0.2, 0) is 24.0 Å². The average molecular weight is 662 g/mol. The molecule has 1 fully saturated rings. The number of nitrogens with two attached hydrogens (primary N) is 1. The first kappa shape index (κ1) is 32.2. The van der Waals surface area contributed by atoms with Crippen LogP contribution >= 0.6 is 23.1 Å². The fourth-order valence-corrected chi connectivity index (χ4v) is 5.93. The third-order valence-corrected chi connectivity index (χ3v) is 8.03. The van der Waals surface area contributed by atoms with E-state index in [-0.39, 0.29) is 40.2 Å². The second-order valence-corrected chi connectivity index (χ2v) is 10.7. The van der Waals surface area contributed by atoms with Crippen molar-refractivity contribution >= 4 is 57.7 Å². The molecule has 0 bridgehead atoms. The number of nitrogens with zero attached hydrogens (tertiary/aromatic N) is 3. The number of β-lactam (4-membered cyclic amide) rings is 1. The molecule has 4 rings (SSSR count). The van der Waals surface area contributed by atoms with Crippen molar-refractivity contribution in [2.75, 3.05) is 39.4 Å². The Morgan fingerprint density at radius 3 is 2.36 bits per heavy atom. The van der Waals surface area contributed by atoms with E-state index in [0.717, 1.165) is 28.0 Å². The summed E-state index contributed by atoms with van der Waals surface area (Å²) in [6.07, 6.45) is -5.40.